The van der Waals surface area contributed by atoms with Crippen LogP contribution in [0.4, 0.5) is 0 Å². The topological polar surface area (TPSA) is 188 Å². The molecular formula is C37H53NO11. The highest BCUT2D eigenvalue weighted by Crippen LogP contribution is 2.46. The van der Waals surface area contributed by atoms with Gasteiger partial charge in [-0.25, -0.2) is 4.79 Å². The van der Waals surface area contributed by atoms with Crippen LogP contribution in [-0.4, -0.2) is 98.6 Å². The summed E-state index contributed by atoms with van der Waals surface area (Å²) < 4.78 is 24.3. The fraction of sp³-hybridized carbons (Fsp3) is 0.676. The van der Waals surface area contributed by atoms with Crippen molar-refractivity contribution < 1.29 is 54.1 Å². The molecule has 5 rings (SSSR count). The molecule has 2 fully saturated rings. The number of aromatic nitrogens is 1. The standard InChI is InChI=1S/C37H53NO11/c1-5-24-26(18-31(41)42)25(33(43)46-4)14-15-28(24)47-35-36(45,6-2)34(44)37(30(20-40)48-35)19-23-17-27(21(3)22-11-8-7-9-12-22)38-32(23)29(49-37)13-10-16-39/h5,14,17,19,21-22,24,26,28,30,34-35,38-40,44-45H,1,6-13,15-16,18,20H2,2-4H3,(H,41,42)/t21-,24-,26+,28-,30-,34-,35-,36-,37-/m1/s1. The van der Waals surface area contributed by atoms with Crippen LogP contribution in [0.15, 0.2) is 30.4 Å². The molecule has 4 aliphatic rings. The van der Waals surface area contributed by atoms with Crippen molar-refractivity contribution in [1.82, 2.24) is 4.98 Å². The largest absolute Gasteiger partial charge is 0.481 e. The molecule has 2 aliphatic carbocycles. The van der Waals surface area contributed by atoms with Gasteiger partial charge in [-0.3, -0.25) is 4.79 Å². The van der Waals surface area contributed by atoms with E-state index in [1.807, 2.05) is 0 Å². The lowest BCUT2D eigenvalue weighted by Gasteiger charge is -2.55. The minimum absolute atomic E-state index is 0.0286. The number of carbonyl (C=O) groups is 2. The number of fused-ring (bicyclic) bond motifs is 1. The molecule has 12 nitrogen and oxygen atoms in total. The molecule has 2 aliphatic heterocycles. The molecule has 0 amide bonds. The van der Waals surface area contributed by atoms with Crippen LogP contribution in [0, 0.1) is 17.8 Å². The second kappa shape index (κ2) is 15.5. The molecule has 3 heterocycles. The smallest absolute Gasteiger partial charge is 0.333 e. The van der Waals surface area contributed by atoms with Crippen molar-refractivity contribution in [3.63, 3.8) is 0 Å². The van der Waals surface area contributed by atoms with Crippen LogP contribution in [0.25, 0.3) is 11.8 Å². The zero-order valence-electron chi connectivity index (χ0n) is 28.8. The summed E-state index contributed by atoms with van der Waals surface area (Å²) in [5, 5.41) is 56.1. The first-order valence-electron chi connectivity index (χ1n) is 17.7. The molecular weight excluding hydrogens is 634 g/mol. The van der Waals surface area contributed by atoms with Gasteiger partial charge in [0.2, 0.25) is 0 Å². The molecule has 49 heavy (non-hydrogen) atoms. The van der Waals surface area contributed by atoms with Gasteiger partial charge in [0, 0.05) is 41.3 Å². The van der Waals surface area contributed by atoms with Crippen LogP contribution in [-0.2, 0) is 28.5 Å². The van der Waals surface area contributed by atoms with Gasteiger partial charge in [0.15, 0.2) is 11.9 Å². The minimum Gasteiger partial charge on any atom is -0.481 e. The number of H-pyrrole nitrogens is 1. The van der Waals surface area contributed by atoms with E-state index in [2.05, 4.69) is 24.6 Å². The number of aliphatic hydroxyl groups is 4. The number of rotatable bonds is 13. The number of carboxylic acids is 1. The van der Waals surface area contributed by atoms with Crippen LogP contribution in [0.5, 0.6) is 0 Å². The van der Waals surface area contributed by atoms with Gasteiger partial charge in [0.05, 0.1) is 31.6 Å². The second-order valence-corrected chi connectivity index (χ2v) is 14.1. The zero-order chi connectivity index (χ0) is 35.5. The van der Waals surface area contributed by atoms with Gasteiger partial charge in [0.1, 0.15) is 23.6 Å². The summed E-state index contributed by atoms with van der Waals surface area (Å²) in [6.45, 7) is 7.11. The fourth-order valence-corrected chi connectivity index (χ4v) is 8.41. The maximum atomic E-state index is 12.5. The maximum absolute atomic E-state index is 12.5. The molecule has 1 spiro atoms. The van der Waals surface area contributed by atoms with Gasteiger partial charge in [-0.1, -0.05) is 45.3 Å². The summed E-state index contributed by atoms with van der Waals surface area (Å²) in [4.78, 5) is 27.9. The van der Waals surface area contributed by atoms with Gasteiger partial charge in [-0.15, -0.1) is 6.58 Å². The third kappa shape index (κ3) is 7.00. The van der Waals surface area contributed by atoms with Crippen LogP contribution in [0.3, 0.4) is 0 Å². The number of ether oxygens (including phenoxy) is 4. The first kappa shape index (κ1) is 37.3. The number of carbonyl (C=O) groups excluding carboxylic acids is 1. The lowest BCUT2D eigenvalue weighted by atomic mass is 9.73. The SMILES string of the molecule is C=C[C@@H]1[C@H](CC(=O)O)C(C(=O)OC)=CC[C@H]1O[C@@H]1O[C@H](CO)[C@]2(C=c3cc([C@H](C)C4CCCCC4)[nH]c3=C(CCCO)O2)[C@H](O)[C@]1(O)CC. The Kier molecular flexibility index (Phi) is 11.8. The average Bonchev–Trinajstić information content (AvgIpc) is 3.54. The lowest BCUT2D eigenvalue weighted by Crippen LogP contribution is -2.74. The highest BCUT2D eigenvalue weighted by molar-refractivity contribution is 5.90. The lowest BCUT2D eigenvalue weighted by molar-refractivity contribution is -0.365. The first-order valence-corrected chi connectivity index (χ1v) is 17.7. The van der Waals surface area contributed by atoms with E-state index in [0.29, 0.717) is 24.5 Å². The van der Waals surface area contributed by atoms with Crippen LogP contribution in [0.1, 0.15) is 89.7 Å². The van der Waals surface area contributed by atoms with E-state index in [0.717, 1.165) is 29.1 Å². The molecule has 0 radical (unpaired) electrons. The number of methoxy groups -OCH3 is 1. The Morgan fingerprint density at radius 2 is 1.96 bits per heavy atom. The summed E-state index contributed by atoms with van der Waals surface area (Å²) in [6.07, 6.45) is 6.18. The molecule has 1 saturated carbocycles. The fourth-order valence-electron chi connectivity index (χ4n) is 8.41. The molecule has 1 aromatic heterocycles. The van der Waals surface area contributed by atoms with E-state index in [9.17, 15) is 35.1 Å². The van der Waals surface area contributed by atoms with Crippen LogP contribution < -0.4 is 10.6 Å². The molecule has 1 aromatic rings. The second-order valence-electron chi connectivity index (χ2n) is 14.1. The van der Waals surface area contributed by atoms with Crippen molar-refractivity contribution in [3.05, 3.63) is 46.6 Å². The summed E-state index contributed by atoms with van der Waals surface area (Å²) in [7, 11) is 1.22. The Labute approximate surface area is 287 Å². The molecule has 9 atom stereocenters. The number of carboxylic acid groups (broad SMARTS) is 1. The Balaban J connectivity index is 1.51. The molecule has 0 aromatic carbocycles. The average molecular weight is 688 g/mol. The minimum atomic E-state index is -2.04. The van der Waals surface area contributed by atoms with E-state index < -0.39 is 66.2 Å². The number of aromatic amines is 1. The highest BCUT2D eigenvalue weighted by atomic mass is 16.7. The Morgan fingerprint density at radius 3 is 2.57 bits per heavy atom. The molecule has 0 bridgehead atoms. The van der Waals surface area contributed by atoms with Crippen molar-refractivity contribution >= 4 is 23.8 Å². The maximum Gasteiger partial charge on any atom is 0.333 e. The van der Waals surface area contributed by atoms with Crippen molar-refractivity contribution in [2.24, 2.45) is 17.8 Å². The molecule has 1 saturated heterocycles. The van der Waals surface area contributed by atoms with Crippen molar-refractivity contribution in [2.45, 2.75) is 120 Å². The van der Waals surface area contributed by atoms with E-state index >= 15 is 0 Å². The number of nitrogens with one attached hydrogen (secondary N) is 1. The van der Waals surface area contributed by atoms with Crippen LogP contribution in [0.2, 0.25) is 0 Å². The van der Waals surface area contributed by atoms with Crippen LogP contribution >= 0.6 is 0 Å². The third-order valence-corrected chi connectivity index (χ3v) is 11.3. The van der Waals surface area contributed by atoms with E-state index in [4.69, 9.17) is 18.9 Å². The summed E-state index contributed by atoms with van der Waals surface area (Å²) in [5.74, 6) is -1.98. The highest BCUT2D eigenvalue weighted by Gasteiger charge is 2.64. The molecule has 6 N–H and O–H groups in total. The van der Waals surface area contributed by atoms with Gasteiger partial charge in [0.25, 0.3) is 0 Å². The van der Waals surface area contributed by atoms with Crippen molar-refractivity contribution in [3.8, 4) is 0 Å². The first-order chi connectivity index (χ1) is 23.5. The van der Waals surface area contributed by atoms with E-state index in [1.165, 1.54) is 32.4 Å². The Hall–Kier alpha value is -3.00. The van der Waals surface area contributed by atoms with Crippen molar-refractivity contribution in [2.75, 3.05) is 20.3 Å². The van der Waals surface area contributed by atoms with E-state index in [-0.39, 0.29) is 37.4 Å². The summed E-state index contributed by atoms with van der Waals surface area (Å²) in [5.41, 5.74) is -2.51. The van der Waals surface area contributed by atoms with Gasteiger partial charge in [-0.2, -0.15) is 0 Å². The summed E-state index contributed by atoms with van der Waals surface area (Å²) >= 11 is 0. The van der Waals surface area contributed by atoms with Gasteiger partial charge >= 0.3 is 11.9 Å². The predicted octanol–water partition coefficient (Wildman–Crippen LogP) is 2.13. The quantitative estimate of drug-likeness (QED) is 0.132. The monoisotopic (exact) mass is 687 g/mol. The van der Waals surface area contributed by atoms with Crippen molar-refractivity contribution in [1.29, 1.82) is 0 Å². The third-order valence-electron chi connectivity index (χ3n) is 11.3. The number of hydrogen-bond donors (Lipinski definition) is 6. The number of hydrogen-bond acceptors (Lipinski definition) is 10. The van der Waals surface area contributed by atoms with Gasteiger partial charge in [-0.05, 0) is 56.1 Å². The Bertz CT molecular complexity index is 1510. The number of aliphatic hydroxyl groups excluding tert-OH is 3. The molecule has 0 unspecified atom stereocenters. The Morgan fingerprint density at radius 1 is 1.22 bits per heavy atom. The van der Waals surface area contributed by atoms with Gasteiger partial charge < -0.3 is 49.5 Å². The number of esters is 1. The normalized spacial score (nSPS) is 33.9. The zero-order valence-corrected chi connectivity index (χ0v) is 28.8. The number of aliphatic carboxylic acids is 1. The molecule has 272 valence electrons. The summed E-state index contributed by atoms with van der Waals surface area (Å²) in [6, 6.07) is 2.05. The van der Waals surface area contributed by atoms with E-state index in [1.54, 1.807) is 19.1 Å². The predicted molar refractivity (Wildman–Crippen MR) is 179 cm³/mol. The molecule has 12 heteroatoms.